The van der Waals surface area contributed by atoms with Gasteiger partial charge in [0.1, 0.15) is 0 Å². The molecular weight excluding hydrogens is 565 g/mol. The lowest BCUT2D eigenvalue weighted by molar-refractivity contribution is -0.147. The number of benzene rings is 7. The number of hydrogen-bond donors (Lipinski definition) is 0. The van der Waals surface area contributed by atoms with Gasteiger partial charge < -0.3 is 4.74 Å². The number of carbonyl (C=O) groups is 1. The van der Waals surface area contributed by atoms with Gasteiger partial charge in [0, 0.05) is 11.1 Å². The van der Waals surface area contributed by atoms with Crippen molar-refractivity contribution >= 4 is 51.1 Å². The highest BCUT2D eigenvalue weighted by molar-refractivity contribution is 7.13. The summed E-state index contributed by atoms with van der Waals surface area (Å²) in [4.78, 5) is 15.0. The van der Waals surface area contributed by atoms with Crippen LogP contribution >= 0.6 is 0 Å². The fraction of sp³-hybridized carbons (Fsp3) is 0.0714. The summed E-state index contributed by atoms with van der Waals surface area (Å²) in [6, 6.07) is 60.9. The third-order valence-corrected chi connectivity index (χ3v) is 14.4. The van der Waals surface area contributed by atoms with E-state index >= 15 is 0 Å². The van der Waals surface area contributed by atoms with Crippen molar-refractivity contribution in [3.63, 3.8) is 0 Å². The quantitative estimate of drug-likeness (QED) is 0.100. The van der Waals surface area contributed by atoms with Crippen molar-refractivity contribution in [2.45, 2.75) is 18.6 Å². The molecule has 1 atom stereocenters. The van der Waals surface area contributed by atoms with Crippen molar-refractivity contribution in [1.82, 2.24) is 0 Å². The molecule has 45 heavy (non-hydrogen) atoms. The number of carbonyl (C=O) groups excluding carboxylic acids is 1. The summed E-state index contributed by atoms with van der Waals surface area (Å²) < 4.78 is 6.87. The fourth-order valence-electron chi connectivity index (χ4n) is 7.00. The third-order valence-electron chi connectivity index (χ3n) is 9.14. The van der Waals surface area contributed by atoms with E-state index in [1.54, 1.807) is 0 Å². The second-order valence-corrected chi connectivity index (χ2v) is 15.8. The Bertz CT molecular complexity index is 1890. The first-order valence-electron chi connectivity index (χ1n) is 15.5. The third kappa shape index (κ3) is 5.15. The highest BCUT2D eigenvalue weighted by Gasteiger charge is 2.48. The van der Waals surface area contributed by atoms with E-state index in [-0.39, 0.29) is 5.97 Å². The maximum absolute atomic E-state index is 15.0. The Kier molecular flexibility index (Phi) is 7.85. The van der Waals surface area contributed by atoms with Gasteiger partial charge in [0.05, 0.1) is 5.54 Å². The number of rotatable bonds is 8. The number of ether oxygens (including phenoxy) is 1. The maximum atomic E-state index is 15.0. The molecule has 0 aliphatic carbocycles. The van der Waals surface area contributed by atoms with Gasteiger partial charge >= 0.3 is 5.97 Å². The van der Waals surface area contributed by atoms with Gasteiger partial charge in [0.25, 0.3) is 0 Å². The minimum absolute atomic E-state index is 0.205. The fourth-order valence-corrected chi connectivity index (χ4v) is 12.1. The summed E-state index contributed by atoms with van der Waals surface area (Å²) in [5.41, 5.74) is 1.53. The van der Waals surface area contributed by atoms with Crippen LogP contribution in [-0.2, 0) is 9.53 Å². The molecule has 1 unspecified atom stereocenters. The first kappa shape index (κ1) is 28.5. The summed E-state index contributed by atoms with van der Waals surface area (Å²) in [5, 5.41) is 7.93. The second-order valence-electron chi connectivity index (χ2n) is 11.6. The molecule has 0 radical (unpaired) electrons. The number of hydrogen-bond acceptors (Lipinski definition) is 2. The SMILES string of the molecule is CC(C(=O)OC(c1cccc2ccccc12)c1cccc2ccccc12)[Si](c1ccccc1)(c1ccccc1)c1ccccc1. The predicted octanol–water partition coefficient (Wildman–Crippen LogP) is 8.19. The molecule has 218 valence electrons. The van der Waals surface area contributed by atoms with E-state index in [1.807, 2.05) is 30.3 Å². The van der Waals surface area contributed by atoms with Crippen molar-refractivity contribution in [2.75, 3.05) is 0 Å². The maximum Gasteiger partial charge on any atom is 0.307 e. The van der Waals surface area contributed by atoms with Crippen LogP contribution in [0.15, 0.2) is 176 Å². The normalized spacial score (nSPS) is 12.3. The second kappa shape index (κ2) is 12.4. The predicted molar refractivity (Wildman–Crippen MR) is 189 cm³/mol. The first-order valence-corrected chi connectivity index (χ1v) is 17.6. The van der Waals surface area contributed by atoms with Gasteiger partial charge in [-0.2, -0.15) is 0 Å². The molecular formula is C42H34O2Si. The van der Waals surface area contributed by atoms with Crippen molar-refractivity contribution in [2.24, 2.45) is 0 Å². The van der Waals surface area contributed by atoms with E-state index in [9.17, 15) is 4.79 Å². The molecule has 0 fully saturated rings. The smallest absolute Gasteiger partial charge is 0.307 e. The molecule has 0 amide bonds. The zero-order valence-corrected chi connectivity index (χ0v) is 26.2. The molecule has 0 aliphatic rings. The van der Waals surface area contributed by atoms with E-state index in [1.165, 1.54) is 15.6 Å². The van der Waals surface area contributed by atoms with Crippen LogP contribution in [-0.4, -0.2) is 14.0 Å². The average molecular weight is 599 g/mol. The lowest BCUT2D eigenvalue weighted by atomic mass is 9.92. The van der Waals surface area contributed by atoms with Crippen LogP contribution in [0, 0.1) is 0 Å². The monoisotopic (exact) mass is 598 g/mol. The van der Waals surface area contributed by atoms with Gasteiger partial charge in [-0.15, -0.1) is 0 Å². The molecule has 3 heteroatoms. The lowest BCUT2D eigenvalue weighted by Gasteiger charge is -2.38. The van der Waals surface area contributed by atoms with Gasteiger partial charge in [0.2, 0.25) is 0 Å². The summed E-state index contributed by atoms with van der Waals surface area (Å²) in [5.74, 6) is -0.205. The largest absolute Gasteiger partial charge is 0.452 e. The number of esters is 1. The molecule has 0 aromatic heterocycles. The Morgan fingerprint density at radius 2 is 0.822 bits per heavy atom. The first-order chi connectivity index (χ1) is 22.2. The molecule has 0 saturated carbocycles. The van der Waals surface area contributed by atoms with Crippen LogP contribution < -0.4 is 15.6 Å². The lowest BCUT2D eigenvalue weighted by Crippen LogP contribution is -2.70. The average Bonchev–Trinajstić information content (AvgIpc) is 3.12. The van der Waals surface area contributed by atoms with Gasteiger partial charge in [-0.1, -0.05) is 183 Å². The number of fused-ring (bicyclic) bond motifs is 2. The summed E-state index contributed by atoms with van der Waals surface area (Å²) >= 11 is 0. The van der Waals surface area contributed by atoms with Crippen molar-refractivity contribution in [3.8, 4) is 0 Å². The zero-order chi connectivity index (χ0) is 30.6. The van der Waals surface area contributed by atoms with Crippen molar-refractivity contribution < 1.29 is 9.53 Å². The summed E-state index contributed by atoms with van der Waals surface area (Å²) in [7, 11) is -2.94. The van der Waals surface area contributed by atoms with Crippen LogP contribution in [0.5, 0.6) is 0 Å². The van der Waals surface area contributed by atoms with Crippen LogP contribution in [0.4, 0.5) is 0 Å². The van der Waals surface area contributed by atoms with E-state index < -0.39 is 19.7 Å². The van der Waals surface area contributed by atoms with Crippen molar-refractivity contribution in [1.29, 1.82) is 0 Å². The molecule has 0 aliphatic heterocycles. The van der Waals surface area contributed by atoms with E-state index in [0.717, 1.165) is 32.7 Å². The summed E-state index contributed by atoms with van der Waals surface area (Å²) in [6.07, 6.45) is -0.592. The molecule has 0 bridgehead atoms. The molecule has 2 nitrogen and oxygen atoms in total. The van der Waals surface area contributed by atoms with Gasteiger partial charge in [-0.25, -0.2) is 0 Å². The standard InChI is InChI=1S/C42H34O2Si/c1-31(45(34-21-5-2-6-22-34,35-23-7-3-8-24-35)36-25-9-4-10-26-36)42(43)44-41(39-29-15-19-32-17-11-13-27-37(32)39)40-30-16-20-33-18-12-14-28-38(33)40/h2-31,41H,1H3. The Hall–Kier alpha value is -5.25. The molecule has 7 aromatic rings. The van der Waals surface area contributed by atoms with Gasteiger partial charge in [-0.05, 0) is 37.1 Å². The molecule has 0 heterocycles. The Labute approximate surface area is 265 Å². The molecule has 0 N–H and O–H groups in total. The Morgan fingerprint density at radius 1 is 0.467 bits per heavy atom. The zero-order valence-electron chi connectivity index (χ0n) is 25.2. The summed E-state index contributed by atoms with van der Waals surface area (Å²) in [6.45, 7) is 2.07. The van der Waals surface area contributed by atoms with Crippen LogP contribution in [0.1, 0.15) is 24.2 Å². The minimum atomic E-state index is -2.94. The van der Waals surface area contributed by atoms with Crippen molar-refractivity contribution in [3.05, 3.63) is 187 Å². The molecule has 0 spiro atoms. The van der Waals surface area contributed by atoms with Gasteiger partial charge in [0.15, 0.2) is 14.2 Å². The highest BCUT2D eigenvalue weighted by Crippen LogP contribution is 2.37. The molecule has 7 aromatic carbocycles. The molecule has 7 rings (SSSR count). The minimum Gasteiger partial charge on any atom is -0.452 e. The Balaban J connectivity index is 1.42. The highest BCUT2D eigenvalue weighted by atomic mass is 28.3. The van der Waals surface area contributed by atoms with E-state index in [2.05, 4.69) is 153 Å². The van der Waals surface area contributed by atoms with E-state index in [0.29, 0.717) is 0 Å². The van der Waals surface area contributed by atoms with Crippen LogP contribution in [0.25, 0.3) is 21.5 Å². The van der Waals surface area contributed by atoms with E-state index in [4.69, 9.17) is 4.74 Å². The van der Waals surface area contributed by atoms with Crippen LogP contribution in [0.2, 0.25) is 5.54 Å². The molecule has 0 saturated heterocycles. The Morgan fingerprint density at radius 3 is 1.24 bits per heavy atom. The van der Waals surface area contributed by atoms with Gasteiger partial charge in [-0.3, -0.25) is 4.79 Å². The van der Waals surface area contributed by atoms with Crippen LogP contribution in [0.3, 0.4) is 0 Å². The topological polar surface area (TPSA) is 26.3 Å².